The Kier molecular flexibility index (Phi) is 51.0. The van der Waals surface area contributed by atoms with E-state index in [0.717, 1.165) is 57.8 Å². The summed E-state index contributed by atoms with van der Waals surface area (Å²) in [6, 6.07) is -0.553. The molecule has 368 valence electrons. The van der Waals surface area contributed by atoms with Gasteiger partial charge < -0.3 is 20.3 Å². The zero-order valence-electron chi connectivity index (χ0n) is 41.9. The van der Waals surface area contributed by atoms with Crippen molar-refractivity contribution in [3.8, 4) is 0 Å². The monoisotopic (exact) mass is 876 g/mol. The van der Waals surface area contributed by atoms with Crippen LogP contribution in [0, 0.1) is 0 Å². The van der Waals surface area contributed by atoms with Gasteiger partial charge in [0.1, 0.15) is 0 Å². The summed E-state index contributed by atoms with van der Waals surface area (Å²) in [6.07, 6.45) is 60.4. The normalized spacial score (nSPS) is 12.6. The first-order chi connectivity index (χ1) is 30.5. The molecule has 2 atom stereocenters. The van der Waals surface area contributed by atoms with Crippen LogP contribution in [0.2, 0.25) is 0 Å². The molecular weight excluding hydrogens is 767 g/mol. The van der Waals surface area contributed by atoms with Gasteiger partial charge in [0.05, 0.1) is 25.4 Å². The van der Waals surface area contributed by atoms with Gasteiger partial charge in [-0.3, -0.25) is 9.59 Å². The molecule has 2 unspecified atom stereocenters. The molecule has 0 aliphatic rings. The highest BCUT2D eigenvalue weighted by Gasteiger charge is 2.20. The summed E-state index contributed by atoms with van der Waals surface area (Å²) < 4.78 is 5.46. The van der Waals surface area contributed by atoms with Crippen LogP contribution in [-0.2, 0) is 14.3 Å². The first-order valence-electron chi connectivity index (χ1n) is 27.9. The highest BCUT2D eigenvalue weighted by Crippen LogP contribution is 2.17. The van der Waals surface area contributed by atoms with Gasteiger partial charge in [0.15, 0.2) is 0 Å². The zero-order chi connectivity index (χ0) is 45.1. The van der Waals surface area contributed by atoms with Gasteiger partial charge in [-0.15, -0.1) is 0 Å². The van der Waals surface area contributed by atoms with E-state index < -0.39 is 12.1 Å². The number of unbranched alkanes of at least 4 members (excludes halogenated alkanes) is 39. The van der Waals surface area contributed by atoms with Gasteiger partial charge in [-0.25, -0.2) is 0 Å². The zero-order valence-corrected chi connectivity index (χ0v) is 41.9. The van der Waals surface area contributed by atoms with E-state index in [9.17, 15) is 19.8 Å². The third-order valence-electron chi connectivity index (χ3n) is 13.1. The van der Waals surface area contributed by atoms with Crippen LogP contribution in [0.1, 0.15) is 309 Å². The van der Waals surface area contributed by atoms with Gasteiger partial charge in [0.25, 0.3) is 0 Å². The maximum atomic E-state index is 12.5. The number of aliphatic hydroxyl groups is 2. The van der Waals surface area contributed by atoms with E-state index in [2.05, 4.69) is 31.3 Å². The van der Waals surface area contributed by atoms with Crippen LogP contribution in [0.25, 0.3) is 0 Å². The summed E-state index contributed by atoms with van der Waals surface area (Å²) >= 11 is 0. The fraction of sp³-hybridized carbons (Fsp3) is 0.929. The molecule has 1 amide bonds. The van der Waals surface area contributed by atoms with Gasteiger partial charge in [0.2, 0.25) is 5.91 Å². The lowest BCUT2D eigenvalue weighted by atomic mass is 10.0. The highest BCUT2D eigenvalue weighted by atomic mass is 16.5. The van der Waals surface area contributed by atoms with E-state index >= 15 is 0 Å². The Hall–Kier alpha value is -1.40. The molecule has 0 rings (SSSR count). The Morgan fingerprint density at radius 2 is 0.758 bits per heavy atom. The number of amides is 1. The summed E-state index contributed by atoms with van der Waals surface area (Å²) in [5.41, 5.74) is 0. The molecule has 3 N–H and O–H groups in total. The molecule has 6 heteroatoms. The molecule has 0 aromatic rings. The van der Waals surface area contributed by atoms with Crippen LogP contribution >= 0.6 is 0 Å². The summed E-state index contributed by atoms with van der Waals surface area (Å²) in [5, 5.41) is 23.3. The molecule has 0 radical (unpaired) electrons. The molecule has 0 aliphatic carbocycles. The summed E-state index contributed by atoms with van der Waals surface area (Å²) in [7, 11) is 0. The predicted molar refractivity (Wildman–Crippen MR) is 269 cm³/mol. The Morgan fingerprint density at radius 3 is 1.15 bits per heavy atom. The highest BCUT2D eigenvalue weighted by molar-refractivity contribution is 5.76. The smallest absolute Gasteiger partial charge is 0.305 e. The summed E-state index contributed by atoms with van der Waals surface area (Å²) in [6.45, 7) is 4.92. The number of ether oxygens (including phenoxy) is 1. The number of allylic oxidation sites excluding steroid dienone is 2. The van der Waals surface area contributed by atoms with Crippen molar-refractivity contribution < 1.29 is 24.5 Å². The molecule has 0 saturated carbocycles. The SMILES string of the molecule is CCCCCCC/C=C\CCCCCCCC(=O)OCCCCCCCCCCCCCCC(=O)NC(CO)C(O)CCCCCCCCCCCCCCCCCCCCC. The van der Waals surface area contributed by atoms with Crippen molar-refractivity contribution >= 4 is 11.9 Å². The number of hydrogen-bond donors (Lipinski definition) is 3. The third-order valence-corrected chi connectivity index (χ3v) is 13.1. The Morgan fingerprint density at radius 1 is 0.435 bits per heavy atom. The first-order valence-corrected chi connectivity index (χ1v) is 27.9. The van der Waals surface area contributed by atoms with Crippen molar-refractivity contribution in [2.75, 3.05) is 13.2 Å². The van der Waals surface area contributed by atoms with Gasteiger partial charge in [-0.2, -0.15) is 0 Å². The van der Waals surface area contributed by atoms with Crippen LogP contribution in [-0.4, -0.2) is 47.4 Å². The Bertz CT molecular complexity index is 924. The molecular formula is C56H109NO5. The fourth-order valence-electron chi connectivity index (χ4n) is 8.75. The van der Waals surface area contributed by atoms with Crippen LogP contribution in [0.5, 0.6) is 0 Å². The van der Waals surface area contributed by atoms with Gasteiger partial charge >= 0.3 is 5.97 Å². The van der Waals surface area contributed by atoms with Crippen molar-refractivity contribution in [2.24, 2.45) is 0 Å². The van der Waals surface area contributed by atoms with Crippen LogP contribution in [0.3, 0.4) is 0 Å². The van der Waals surface area contributed by atoms with Crippen molar-refractivity contribution in [1.82, 2.24) is 5.32 Å². The summed E-state index contributed by atoms with van der Waals surface area (Å²) in [5.74, 6) is -0.0651. The molecule has 62 heavy (non-hydrogen) atoms. The minimum Gasteiger partial charge on any atom is -0.466 e. The minimum absolute atomic E-state index is 0.0169. The number of hydrogen-bond acceptors (Lipinski definition) is 5. The standard InChI is InChI=1S/C56H109NO5/c1-3-5-7-9-11-13-15-17-19-20-21-22-23-24-28-32-36-40-44-48-54(59)53(52-58)57-55(60)49-45-41-37-33-29-26-27-31-35-39-43-47-51-62-56(61)50-46-42-38-34-30-25-18-16-14-12-10-8-6-4-2/h16,18,53-54,58-59H,3-15,17,19-52H2,1-2H3,(H,57,60)/b18-16-. The number of aliphatic hydroxyl groups excluding tert-OH is 2. The van der Waals surface area contributed by atoms with Crippen LogP contribution in [0.15, 0.2) is 12.2 Å². The number of carbonyl (C=O) groups excluding carboxylic acids is 2. The van der Waals surface area contributed by atoms with Crippen LogP contribution < -0.4 is 5.32 Å². The van der Waals surface area contributed by atoms with E-state index in [1.165, 1.54) is 218 Å². The lowest BCUT2D eigenvalue weighted by molar-refractivity contribution is -0.143. The second kappa shape index (κ2) is 52.2. The van der Waals surface area contributed by atoms with Gasteiger partial charge in [-0.05, 0) is 51.4 Å². The van der Waals surface area contributed by atoms with E-state index in [-0.39, 0.29) is 18.5 Å². The van der Waals surface area contributed by atoms with Crippen molar-refractivity contribution in [3.63, 3.8) is 0 Å². The molecule has 0 saturated heterocycles. The van der Waals surface area contributed by atoms with E-state index in [4.69, 9.17) is 4.74 Å². The maximum Gasteiger partial charge on any atom is 0.305 e. The molecule has 0 aromatic heterocycles. The minimum atomic E-state index is -0.675. The number of esters is 1. The molecule has 0 heterocycles. The maximum absolute atomic E-state index is 12.5. The lowest BCUT2D eigenvalue weighted by Gasteiger charge is -2.22. The summed E-state index contributed by atoms with van der Waals surface area (Å²) in [4.78, 5) is 24.5. The fourth-order valence-corrected chi connectivity index (χ4v) is 8.75. The number of nitrogens with one attached hydrogen (secondary N) is 1. The number of rotatable bonds is 52. The number of carbonyl (C=O) groups is 2. The molecule has 0 aromatic carbocycles. The predicted octanol–water partition coefficient (Wildman–Crippen LogP) is 16.9. The van der Waals surface area contributed by atoms with E-state index in [1.54, 1.807) is 0 Å². The quantitative estimate of drug-likeness (QED) is 0.0321. The average Bonchev–Trinajstić information content (AvgIpc) is 3.27. The first kappa shape index (κ1) is 60.6. The van der Waals surface area contributed by atoms with Gasteiger partial charge in [-0.1, -0.05) is 257 Å². The van der Waals surface area contributed by atoms with Crippen molar-refractivity contribution in [2.45, 2.75) is 321 Å². The van der Waals surface area contributed by atoms with E-state index in [1.807, 2.05) is 0 Å². The average molecular weight is 876 g/mol. The molecule has 0 spiro atoms. The van der Waals surface area contributed by atoms with Crippen LogP contribution in [0.4, 0.5) is 0 Å². The molecule has 0 aliphatic heterocycles. The second-order valence-corrected chi connectivity index (χ2v) is 19.3. The van der Waals surface area contributed by atoms with Gasteiger partial charge in [0, 0.05) is 12.8 Å². The largest absolute Gasteiger partial charge is 0.466 e. The Balaban J connectivity index is 3.46. The molecule has 0 fully saturated rings. The van der Waals surface area contributed by atoms with Crippen molar-refractivity contribution in [3.05, 3.63) is 12.2 Å². The molecule has 6 nitrogen and oxygen atoms in total. The van der Waals surface area contributed by atoms with E-state index in [0.29, 0.717) is 25.9 Å². The third kappa shape index (κ3) is 48.1. The topological polar surface area (TPSA) is 95.9 Å². The Labute approximate surface area is 387 Å². The van der Waals surface area contributed by atoms with Crippen molar-refractivity contribution in [1.29, 1.82) is 0 Å². The molecule has 0 bridgehead atoms. The second-order valence-electron chi connectivity index (χ2n) is 19.3. The lowest BCUT2D eigenvalue weighted by Crippen LogP contribution is -2.45.